The van der Waals surface area contributed by atoms with E-state index in [4.69, 9.17) is 10.3 Å². The lowest BCUT2D eigenvalue weighted by Crippen LogP contribution is -2.00. The van der Waals surface area contributed by atoms with Crippen LogP contribution in [0.3, 0.4) is 0 Å². The van der Waals surface area contributed by atoms with Crippen LogP contribution in [-0.4, -0.2) is 19.6 Å². The summed E-state index contributed by atoms with van der Waals surface area (Å²) >= 11 is 0. The largest absolute Gasteiger partial charge is 0.398 e. The van der Waals surface area contributed by atoms with E-state index in [-0.39, 0.29) is 6.10 Å². The van der Waals surface area contributed by atoms with Gasteiger partial charge in [-0.2, -0.15) is 0 Å². The molecule has 0 heterocycles. The molecule has 0 amide bonds. The summed E-state index contributed by atoms with van der Waals surface area (Å²) in [4.78, 5) is 0. The van der Waals surface area contributed by atoms with Gasteiger partial charge >= 0.3 is 0 Å². The first kappa shape index (κ1) is 14.9. The van der Waals surface area contributed by atoms with E-state index in [2.05, 4.69) is 44.8 Å². The minimum absolute atomic E-state index is 0.0268. The van der Waals surface area contributed by atoms with E-state index in [1.54, 1.807) is 0 Å². The zero-order valence-corrected chi connectivity index (χ0v) is 13.2. The van der Waals surface area contributed by atoms with Gasteiger partial charge in [-0.25, -0.2) is 0 Å². The van der Waals surface area contributed by atoms with E-state index in [0.29, 0.717) is 0 Å². The minimum atomic E-state index is -1.52. The van der Waals surface area contributed by atoms with Crippen LogP contribution in [0.15, 0.2) is 48.5 Å². The van der Waals surface area contributed by atoms with Gasteiger partial charge in [0.15, 0.2) is 0 Å². The highest BCUT2D eigenvalue weighted by Gasteiger charge is 2.12. The van der Waals surface area contributed by atoms with Gasteiger partial charge in [-0.15, -0.1) is 0 Å². The Morgan fingerprint density at radius 1 is 1.10 bits per heavy atom. The molecule has 0 aromatic heterocycles. The van der Waals surface area contributed by atoms with Gasteiger partial charge in [0.05, 0.1) is 6.10 Å². The van der Waals surface area contributed by atoms with Crippen molar-refractivity contribution in [3.8, 4) is 11.1 Å². The Morgan fingerprint density at radius 3 is 2.35 bits per heavy atom. The summed E-state index contributed by atoms with van der Waals surface area (Å²) in [6.07, 6.45) is 4.12. The molecular formula is C17H22NOP. The van der Waals surface area contributed by atoms with Gasteiger partial charge in [0.1, 0.15) is 0 Å². The third-order valence-electron chi connectivity index (χ3n) is 3.08. The molecule has 2 N–H and O–H groups in total. The molecular weight excluding hydrogens is 265 g/mol. The molecule has 2 aromatic carbocycles. The van der Waals surface area contributed by atoms with E-state index in [1.165, 1.54) is 0 Å². The lowest BCUT2D eigenvalue weighted by molar-refractivity contribution is 0.256. The van der Waals surface area contributed by atoms with Gasteiger partial charge in [0.25, 0.3) is 0 Å². The maximum atomic E-state index is 6.10. The number of hydrogen-bond acceptors (Lipinski definition) is 2. The van der Waals surface area contributed by atoms with Crippen LogP contribution in [0, 0.1) is 0 Å². The predicted octanol–water partition coefficient (Wildman–Crippen LogP) is 4.64. The molecule has 0 fully saturated rings. The maximum absolute atomic E-state index is 6.10. The van der Waals surface area contributed by atoms with Crippen LogP contribution >= 0.6 is 7.11 Å². The average molecular weight is 287 g/mol. The third kappa shape index (κ3) is 3.75. The smallest absolute Gasteiger partial charge is 0.0837 e. The molecule has 0 bridgehead atoms. The fourth-order valence-electron chi connectivity index (χ4n) is 2.18. The van der Waals surface area contributed by atoms with Crippen molar-refractivity contribution in [3.63, 3.8) is 0 Å². The van der Waals surface area contributed by atoms with Gasteiger partial charge in [0.2, 0.25) is 0 Å². The molecule has 0 aliphatic carbocycles. The Hall–Kier alpha value is -1.50. The molecule has 3 heteroatoms. The van der Waals surface area contributed by atoms with Gasteiger partial charge in [-0.05, 0) is 50.6 Å². The zero-order valence-electron chi connectivity index (χ0n) is 12.3. The molecule has 20 heavy (non-hydrogen) atoms. The number of rotatable bonds is 4. The zero-order chi connectivity index (χ0) is 14.8. The monoisotopic (exact) mass is 287 g/mol. The highest BCUT2D eigenvalue weighted by atomic mass is 31.2. The van der Waals surface area contributed by atoms with E-state index in [1.807, 2.05) is 30.3 Å². The topological polar surface area (TPSA) is 35.2 Å². The Kier molecular flexibility index (Phi) is 4.37. The van der Waals surface area contributed by atoms with Crippen molar-refractivity contribution in [2.24, 2.45) is 0 Å². The Balaban J connectivity index is 2.37. The average Bonchev–Trinajstić information content (AvgIpc) is 2.38. The standard InChI is InChI=1S/C17H22NOP/c1-13(19-20(2,3)4)15-10-11-17(18)16(12-15)14-8-6-5-7-9-14/h5-13H,2,18H2,1,3-4H3/t13-/m1/s1. The van der Waals surface area contributed by atoms with Crippen molar-refractivity contribution < 1.29 is 4.52 Å². The molecule has 0 radical (unpaired) electrons. The van der Waals surface area contributed by atoms with Crippen molar-refractivity contribution >= 4 is 19.1 Å². The summed E-state index contributed by atoms with van der Waals surface area (Å²) in [5.74, 6) is 0. The lowest BCUT2D eigenvalue weighted by atomic mass is 9.99. The van der Waals surface area contributed by atoms with Crippen LogP contribution < -0.4 is 5.73 Å². The Morgan fingerprint density at radius 2 is 1.75 bits per heavy atom. The van der Waals surface area contributed by atoms with Crippen LogP contribution in [-0.2, 0) is 4.52 Å². The third-order valence-corrected chi connectivity index (χ3v) is 3.96. The highest BCUT2D eigenvalue weighted by molar-refractivity contribution is 7.67. The summed E-state index contributed by atoms with van der Waals surface area (Å²) in [5.41, 5.74) is 10.2. The number of benzene rings is 2. The number of nitrogens with two attached hydrogens (primary N) is 1. The molecule has 106 valence electrons. The quantitative estimate of drug-likeness (QED) is 0.657. The van der Waals surface area contributed by atoms with Crippen LogP contribution in [0.25, 0.3) is 11.1 Å². The van der Waals surface area contributed by atoms with E-state index in [9.17, 15) is 0 Å². The molecule has 2 aromatic rings. The Labute approximate surface area is 121 Å². The lowest BCUT2D eigenvalue weighted by Gasteiger charge is -2.22. The molecule has 0 saturated heterocycles. The van der Waals surface area contributed by atoms with Crippen LogP contribution in [0.1, 0.15) is 18.6 Å². The maximum Gasteiger partial charge on any atom is 0.0837 e. The van der Waals surface area contributed by atoms with Gasteiger partial charge in [0, 0.05) is 11.3 Å². The second-order valence-corrected chi connectivity index (χ2v) is 8.89. The molecule has 0 spiro atoms. The van der Waals surface area contributed by atoms with Crippen molar-refractivity contribution in [2.75, 3.05) is 19.1 Å². The van der Waals surface area contributed by atoms with Gasteiger partial charge < -0.3 is 10.3 Å². The summed E-state index contributed by atoms with van der Waals surface area (Å²) in [6, 6.07) is 16.3. The first-order valence-electron chi connectivity index (χ1n) is 6.68. The van der Waals surface area contributed by atoms with Crippen molar-refractivity contribution in [2.45, 2.75) is 13.0 Å². The molecule has 0 aliphatic heterocycles. The highest BCUT2D eigenvalue weighted by Crippen LogP contribution is 2.43. The molecule has 0 unspecified atom stereocenters. The number of nitrogen functional groups attached to an aromatic ring is 1. The van der Waals surface area contributed by atoms with Crippen LogP contribution in [0.4, 0.5) is 5.69 Å². The number of anilines is 1. The van der Waals surface area contributed by atoms with E-state index in [0.717, 1.165) is 22.4 Å². The molecule has 0 aliphatic rings. The van der Waals surface area contributed by atoms with Crippen molar-refractivity contribution in [1.29, 1.82) is 0 Å². The predicted molar refractivity (Wildman–Crippen MR) is 91.7 cm³/mol. The fraction of sp³-hybridized carbons (Fsp3) is 0.235. The summed E-state index contributed by atoms with van der Waals surface area (Å²) in [7, 11) is -1.52. The minimum Gasteiger partial charge on any atom is -0.398 e. The van der Waals surface area contributed by atoms with E-state index >= 15 is 0 Å². The molecule has 0 saturated carbocycles. The number of hydrogen-bond donors (Lipinski definition) is 1. The summed E-state index contributed by atoms with van der Waals surface area (Å²) in [5, 5.41) is 0. The summed E-state index contributed by atoms with van der Waals surface area (Å²) < 4.78 is 6.01. The van der Waals surface area contributed by atoms with Gasteiger partial charge in [-0.1, -0.05) is 42.7 Å². The Bertz CT molecular complexity index is 631. The first-order valence-corrected chi connectivity index (χ1v) is 9.47. The van der Waals surface area contributed by atoms with Crippen LogP contribution in [0.2, 0.25) is 0 Å². The normalized spacial score (nSPS) is 13.2. The summed E-state index contributed by atoms with van der Waals surface area (Å²) in [6.45, 7) is 6.20. The molecule has 1 atom stereocenters. The molecule has 2 nitrogen and oxygen atoms in total. The van der Waals surface area contributed by atoms with Crippen LogP contribution in [0.5, 0.6) is 0 Å². The second-order valence-electron chi connectivity index (χ2n) is 5.53. The van der Waals surface area contributed by atoms with E-state index < -0.39 is 7.11 Å². The SMILES string of the molecule is C=P(C)(C)O[C@H](C)c1ccc(N)c(-c2ccccc2)c1. The first-order chi connectivity index (χ1) is 9.37. The molecule has 2 rings (SSSR count). The van der Waals surface area contributed by atoms with Crippen molar-refractivity contribution in [3.05, 3.63) is 54.1 Å². The fourth-order valence-corrected chi connectivity index (χ4v) is 3.16. The second kappa shape index (κ2) is 5.87. The van der Waals surface area contributed by atoms with Gasteiger partial charge in [-0.3, -0.25) is 0 Å². The van der Waals surface area contributed by atoms with Crippen molar-refractivity contribution in [1.82, 2.24) is 0 Å².